The van der Waals surface area contributed by atoms with Crippen LogP contribution in [0.25, 0.3) is 0 Å². The summed E-state index contributed by atoms with van der Waals surface area (Å²) in [5.41, 5.74) is 2.06. The van der Waals surface area contributed by atoms with Crippen LogP contribution in [-0.4, -0.2) is 12.5 Å². The Labute approximate surface area is 97.1 Å². The van der Waals surface area contributed by atoms with Gasteiger partial charge in [0.2, 0.25) is 0 Å². The first-order valence-electron chi connectivity index (χ1n) is 5.59. The number of unbranched alkanes of at least 4 members (excludes halogenated alkanes) is 1. The van der Waals surface area contributed by atoms with Crippen molar-refractivity contribution in [2.24, 2.45) is 0 Å². The molecule has 0 aliphatic rings. The van der Waals surface area contributed by atoms with E-state index in [0.717, 1.165) is 18.4 Å². The molecule has 0 aliphatic carbocycles. The first kappa shape index (κ1) is 12.3. The summed E-state index contributed by atoms with van der Waals surface area (Å²) in [6, 6.07) is 7.81. The van der Waals surface area contributed by atoms with Gasteiger partial charge in [0, 0.05) is 18.0 Å². The molecule has 0 bridgehead atoms. The molecule has 0 heterocycles. The van der Waals surface area contributed by atoms with Crippen molar-refractivity contribution in [3.8, 4) is 11.8 Å². The Kier molecular flexibility index (Phi) is 5.15. The maximum Gasteiger partial charge on any atom is 0.296 e. The average molecular weight is 215 g/mol. The maximum absolute atomic E-state index is 11.3. The van der Waals surface area contributed by atoms with E-state index < -0.39 is 0 Å². The minimum Gasteiger partial charge on any atom is -0.345 e. The Morgan fingerprint density at radius 3 is 2.62 bits per heavy atom. The van der Waals surface area contributed by atoms with Crippen molar-refractivity contribution in [1.82, 2.24) is 5.32 Å². The van der Waals surface area contributed by atoms with Crippen LogP contribution in [-0.2, 0) is 4.79 Å². The third-order valence-electron chi connectivity index (χ3n) is 2.19. The van der Waals surface area contributed by atoms with Gasteiger partial charge in [-0.25, -0.2) is 0 Å². The molecule has 0 radical (unpaired) electrons. The highest BCUT2D eigenvalue weighted by molar-refractivity contribution is 5.94. The van der Waals surface area contributed by atoms with Gasteiger partial charge in [-0.2, -0.15) is 0 Å². The van der Waals surface area contributed by atoms with Crippen LogP contribution >= 0.6 is 0 Å². The summed E-state index contributed by atoms with van der Waals surface area (Å²) < 4.78 is 0. The number of rotatable bonds is 3. The normalized spacial score (nSPS) is 9.12. The van der Waals surface area contributed by atoms with Crippen LogP contribution in [0.3, 0.4) is 0 Å². The third-order valence-corrected chi connectivity index (χ3v) is 2.19. The van der Waals surface area contributed by atoms with E-state index in [1.165, 1.54) is 5.56 Å². The van der Waals surface area contributed by atoms with Crippen LogP contribution in [0.4, 0.5) is 0 Å². The molecule has 0 spiro atoms. The van der Waals surface area contributed by atoms with E-state index in [0.29, 0.717) is 6.54 Å². The Hall–Kier alpha value is -1.75. The van der Waals surface area contributed by atoms with Crippen molar-refractivity contribution in [3.05, 3.63) is 35.4 Å². The van der Waals surface area contributed by atoms with E-state index in [9.17, 15) is 4.79 Å². The highest BCUT2D eigenvalue weighted by Gasteiger charge is 1.93. The van der Waals surface area contributed by atoms with Gasteiger partial charge in [-0.05, 0) is 25.5 Å². The van der Waals surface area contributed by atoms with E-state index >= 15 is 0 Å². The van der Waals surface area contributed by atoms with Gasteiger partial charge in [-0.3, -0.25) is 4.79 Å². The Balaban J connectivity index is 2.47. The number of carbonyl (C=O) groups excluding carboxylic acids is 1. The largest absolute Gasteiger partial charge is 0.345 e. The lowest BCUT2D eigenvalue weighted by Gasteiger charge is -1.96. The minimum absolute atomic E-state index is 0.200. The zero-order valence-corrected chi connectivity index (χ0v) is 9.84. The number of hydrogen-bond donors (Lipinski definition) is 1. The predicted octanol–water partition coefficient (Wildman–Crippen LogP) is 2.26. The number of hydrogen-bond acceptors (Lipinski definition) is 1. The van der Waals surface area contributed by atoms with Crippen LogP contribution in [0.15, 0.2) is 24.3 Å². The first-order chi connectivity index (χ1) is 7.72. The predicted molar refractivity (Wildman–Crippen MR) is 66.0 cm³/mol. The maximum atomic E-state index is 11.3. The standard InChI is InChI=1S/C14H17NO/c1-3-4-11-15-14(16)10-9-13-7-5-12(2)6-8-13/h5-8H,3-4,11H2,1-2H3,(H,15,16). The summed E-state index contributed by atoms with van der Waals surface area (Å²) >= 11 is 0. The van der Waals surface area contributed by atoms with Crippen molar-refractivity contribution in [2.75, 3.05) is 6.54 Å². The van der Waals surface area contributed by atoms with Crippen molar-refractivity contribution < 1.29 is 4.79 Å². The molecule has 0 aromatic heterocycles. The zero-order chi connectivity index (χ0) is 11.8. The summed E-state index contributed by atoms with van der Waals surface area (Å²) in [5, 5.41) is 2.75. The molecule has 1 rings (SSSR count). The van der Waals surface area contributed by atoms with Gasteiger partial charge in [0.15, 0.2) is 0 Å². The SMILES string of the molecule is CCCCNC(=O)C#Cc1ccc(C)cc1. The molecule has 84 valence electrons. The molecule has 0 aliphatic heterocycles. The fraction of sp³-hybridized carbons (Fsp3) is 0.357. The number of benzene rings is 1. The van der Waals surface area contributed by atoms with Gasteiger partial charge in [0.25, 0.3) is 5.91 Å². The third kappa shape index (κ3) is 4.65. The summed E-state index contributed by atoms with van der Waals surface area (Å²) in [7, 11) is 0. The molecule has 1 N–H and O–H groups in total. The Bertz CT molecular complexity index is 395. The van der Waals surface area contributed by atoms with E-state index in [1.807, 2.05) is 31.2 Å². The van der Waals surface area contributed by atoms with Gasteiger partial charge in [-0.15, -0.1) is 0 Å². The molecule has 16 heavy (non-hydrogen) atoms. The molecule has 1 amide bonds. The molecule has 1 aromatic rings. The second-order valence-electron chi connectivity index (χ2n) is 3.73. The van der Waals surface area contributed by atoms with E-state index in [4.69, 9.17) is 0 Å². The number of aryl methyl sites for hydroxylation is 1. The van der Waals surface area contributed by atoms with Crippen LogP contribution in [0.1, 0.15) is 30.9 Å². The zero-order valence-electron chi connectivity index (χ0n) is 9.84. The van der Waals surface area contributed by atoms with E-state index in [1.54, 1.807) is 0 Å². The first-order valence-corrected chi connectivity index (χ1v) is 5.59. The number of nitrogens with one attached hydrogen (secondary N) is 1. The van der Waals surface area contributed by atoms with E-state index in [-0.39, 0.29) is 5.91 Å². The topological polar surface area (TPSA) is 29.1 Å². The fourth-order valence-electron chi connectivity index (χ4n) is 1.19. The highest BCUT2D eigenvalue weighted by Crippen LogP contribution is 2.00. The average Bonchev–Trinajstić information content (AvgIpc) is 2.29. The van der Waals surface area contributed by atoms with Crippen LogP contribution in [0.2, 0.25) is 0 Å². The smallest absolute Gasteiger partial charge is 0.296 e. The van der Waals surface area contributed by atoms with Crippen LogP contribution in [0, 0.1) is 18.8 Å². The molecular weight excluding hydrogens is 198 g/mol. The van der Waals surface area contributed by atoms with Crippen molar-refractivity contribution in [3.63, 3.8) is 0 Å². The van der Waals surface area contributed by atoms with Gasteiger partial charge in [0.05, 0.1) is 0 Å². The quantitative estimate of drug-likeness (QED) is 0.608. The van der Waals surface area contributed by atoms with Crippen molar-refractivity contribution in [2.45, 2.75) is 26.7 Å². The fourth-order valence-corrected chi connectivity index (χ4v) is 1.19. The molecule has 2 nitrogen and oxygen atoms in total. The van der Waals surface area contributed by atoms with Crippen molar-refractivity contribution >= 4 is 5.91 Å². The molecular formula is C14H17NO. The van der Waals surface area contributed by atoms with Gasteiger partial charge in [0.1, 0.15) is 0 Å². The summed E-state index contributed by atoms with van der Waals surface area (Å²) in [6.45, 7) is 4.82. The van der Waals surface area contributed by atoms with E-state index in [2.05, 4.69) is 24.1 Å². The number of carbonyl (C=O) groups is 1. The second kappa shape index (κ2) is 6.68. The monoisotopic (exact) mass is 215 g/mol. The van der Waals surface area contributed by atoms with Gasteiger partial charge in [-0.1, -0.05) is 37.0 Å². The van der Waals surface area contributed by atoms with Gasteiger partial charge < -0.3 is 5.32 Å². The molecule has 0 saturated carbocycles. The van der Waals surface area contributed by atoms with Gasteiger partial charge >= 0.3 is 0 Å². The summed E-state index contributed by atoms with van der Waals surface area (Å²) in [4.78, 5) is 11.3. The summed E-state index contributed by atoms with van der Waals surface area (Å²) in [6.07, 6.45) is 2.07. The molecule has 0 saturated heterocycles. The van der Waals surface area contributed by atoms with Crippen LogP contribution in [0.5, 0.6) is 0 Å². The second-order valence-corrected chi connectivity index (χ2v) is 3.73. The Morgan fingerprint density at radius 2 is 2.00 bits per heavy atom. The Morgan fingerprint density at radius 1 is 1.31 bits per heavy atom. The number of amides is 1. The lowest BCUT2D eigenvalue weighted by atomic mass is 10.1. The molecule has 0 atom stereocenters. The molecule has 1 aromatic carbocycles. The minimum atomic E-state index is -0.200. The lowest BCUT2D eigenvalue weighted by molar-refractivity contribution is -0.115. The summed E-state index contributed by atoms with van der Waals surface area (Å²) in [5.74, 6) is 5.21. The molecule has 0 unspecified atom stereocenters. The van der Waals surface area contributed by atoms with Crippen LogP contribution < -0.4 is 5.32 Å². The highest BCUT2D eigenvalue weighted by atomic mass is 16.1. The van der Waals surface area contributed by atoms with Crippen molar-refractivity contribution in [1.29, 1.82) is 0 Å². The molecule has 0 fully saturated rings. The molecule has 2 heteroatoms. The lowest BCUT2D eigenvalue weighted by Crippen LogP contribution is -2.22.